The largest absolute Gasteiger partial charge is 0.310 e. The molecular weight excluding hydrogens is 302 g/mol. The van der Waals surface area contributed by atoms with E-state index >= 15 is 0 Å². The summed E-state index contributed by atoms with van der Waals surface area (Å²) in [4.78, 5) is 0. The average Bonchev–Trinajstić information content (AvgIpc) is 2.75. The van der Waals surface area contributed by atoms with Gasteiger partial charge in [0.05, 0.1) is 5.33 Å². The minimum absolute atomic E-state index is 0.569. The van der Waals surface area contributed by atoms with Crippen LogP contribution in [0.15, 0.2) is 18.2 Å². The van der Waals surface area contributed by atoms with E-state index in [4.69, 9.17) is 0 Å². The Morgan fingerprint density at radius 3 is 2.47 bits per heavy atom. The Labute approximate surface area is 123 Å². The van der Waals surface area contributed by atoms with Crippen molar-refractivity contribution >= 4 is 15.9 Å². The van der Waals surface area contributed by atoms with Crippen LogP contribution < -0.4 is 0 Å². The van der Waals surface area contributed by atoms with Crippen LogP contribution >= 0.6 is 15.9 Å². The summed E-state index contributed by atoms with van der Waals surface area (Å²) >= 11 is 3.49. The number of aryl methyl sites for hydroxylation is 2. The number of nitrogens with zero attached hydrogens (tertiary/aromatic N) is 3. The Kier molecular flexibility index (Phi) is 4.40. The maximum absolute atomic E-state index is 4.36. The van der Waals surface area contributed by atoms with E-state index in [1.54, 1.807) is 0 Å². The molecule has 0 N–H and O–H groups in total. The van der Waals surface area contributed by atoms with E-state index in [9.17, 15) is 0 Å². The molecular formula is C15H20BrN3. The number of alkyl halides is 1. The molecule has 0 unspecified atom stereocenters. The molecule has 0 fully saturated rings. The predicted octanol–water partition coefficient (Wildman–Crippen LogP) is 4.11. The Bertz CT molecular complexity index is 573. The second kappa shape index (κ2) is 5.87. The van der Waals surface area contributed by atoms with E-state index in [0.717, 1.165) is 29.1 Å². The molecule has 0 bridgehead atoms. The summed E-state index contributed by atoms with van der Waals surface area (Å²) in [7, 11) is 0. The lowest BCUT2D eigenvalue weighted by Crippen LogP contribution is -2.09. The highest BCUT2D eigenvalue weighted by molar-refractivity contribution is 9.08. The van der Waals surface area contributed by atoms with Gasteiger partial charge in [0.15, 0.2) is 5.82 Å². The topological polar surface area (TPSA) is 30.7 Å². The summed E-state index contributed by atoms with van der Waals surface area (Å²) in [5, 5.41) is 9.38. The molecule has 0 atom stereocenters. The van der Waals surface area contributed by atoms with E-state index < -0.39 is 0 Å². The molecule has 1 aromatic carbocycles. The first-order valence-corrected chi connectivity index (χ1v) is 7.70. The lowest BCUT2D eigenvalue weighted by molar-refractivity contribution is 0.516. The first-order chi connectivity index (χ1) is 9.02. The van der Waals surface area contributed by atoms with Crippen molar-refractivity contribution in [2.75, 3.05) is 0 Å². The smallest absolute Gasteiger partial charge is 0.163 e. The van der Waals surface area contributed by atoms with Crippen molar-refractivity contribution in [2.45, 2.75) is 39.6 Å². The molecule has 4 heteroatoms. The van der Waals surface area contributed by atoms with Gasteiger partial charge in [-0.3, -0.25) is 0 Å². The number of benzene rings is 1. The maximum Gasteiger partial charge on any atom is 0.163 e. The average molecular weight is 322 g/mol. The van der Waals surface area contributed by atoms with Crippen molar-refractivity contribution in [3.63, 3.8) is 0 Å². The highest BCUT2D eigenvalue weighted by Gasteiger charge is 2.14. The zero-order valence-electron chi connectivity index (χ0n) is 11.9. The van der Waals surface area contributed by atoms with Crippen molar-refractivity contribution in [1.29, 1.82) is 0 Å². The Morgan fingerprint density at radius 2 is 1.89 bits per heavy atom. The molecule has 3 nitrogen and oxygen atoms in total. The second-order valence-electron chi connectivity index (χ2n) is 5.38. The summed E-state index contributed by atoms with van der Waals surface area (Å²) in [6.07, 6.45) is 0. The van der Waals surface area contributed by atoms with Crippen LogP contribution in [0, 0.1) is 19.8 Å². The number of rotatable bonds is 4. The van der Waals surface area contributed by atoms with Gasteiger partial charge in [-0.15, -0.1) is 10.2 Å². The minimum atomic E-state index is 0.569. The molecule has 2 rings (SSSR count). The van der Waals surface area contributed by atoms with E-state index in [-0.39, 0.29) is 0 Å². The molecule has 1 aromatic heterocycles. The fourth-order valence-corrected chi connectivity index (χ4v) is 2.50. The van der Waals surface area contributed by atoms with Crippen molar-refractivity contribution < 1.29 is 0 Å². The van der Waals surface area contributed by atoms with E-state index in [1.165, 1.54) is 11.1 Å². The summed E-state index contributed by atoms with van der Waals surface area (Å²) in [6, 6.07) is 6.46. The van der Waals surface area contributed by atoms with Crippen LogP contribution in [0.5, 0.6) is 0 Å². The zero-order chi connectivity index (χ0) is 14.0. The molecule has 0 aliphatic carbocycles. The molecule has 0 saturated carbocycles. The Balaban J connectivity index is 2.48. The van der Waals surface area contributed by atoms with Gasteiger partial charge in [-0.25, -0.2) is 0 Å². The third-order valence-electron chi connectivity index (χ3n) is 3.26. The number of hydrogen-bond donors (Lipinski definition) is 0. The van der Waals surface area contributed by atoms with Gasteiger partial charge in [0, 0.05) is 12.1 Å². The third-order valence-corrected chi connectivity index (χ3v) is 3.76. The summed E-state index contributed by atoms with van der Waals surface area (Å²) in [6.45, 7) is 9.62. The van der Waals surface area contributed by atoms with Gasteiger partial charge in [-0.2, -0.15) is 0 Å². The molecule has 0 spiro atoms. The number of aromatic nitrogens is 3. The second-order valence-corrected chi connectivity index (χ2v) is 5.94. The normalized spacial score (nSPS) is 11.3. The van der Waals surface area contributed by atoms with Gasteiger partial charge in [-0.05, 0) is 37.0 Å². The molecule has 0 amide bonds. The fraction of sp³-hybridized carbons (Fsp3) is 0.467. The molecule has 0 aliphatic rings. The molecule has 0 aliphatic heterocycles. The first-order valence-electron chi connectivity index (χ1n) is 6.58. The van der Waals surface area contributed by atoms with E-state index in [1.807, 2.05) is 0 Å². The van der Waals surface area contributed by atoms with Gasteiger partial charge in [-0.1, -0.05) is 41.9 Å². The van der Waals surface area contributed by atoms with Crippen LogP contribution in [-0.2, 0) is 11.9 Å². The third kappa shape index (κ3) is 3.06. The minimum Gasteiger partial charge on any atom is -0.310 e. The SMILES string of the molecule is Cc1ccc(-c2nnc(CBr)n2CC(C)C)cc1C. The predicted molar refractivity (Wildman–Crippen MR) is 82.4 cm³/mol. The van der Waals surface area contributed by atoms with Crippen LogP contribution in [0.3, 0.4) is 0 Å². The molecule has 2 aromatic rings. The summed E-state index contributed by atoms with van der Waals surface area (Å²) in [5.41, 5.74) is 3.74. The zero-order valence-corrected chi connectivity index (χ0v) is 13.5. The van der Waals surface area contributed by atoms with E-state index in [2.05, 4.69) is 76.6 Å². The number of halogens is 1. The van der Waals surface area contributed by atoms with Crippen LogP contribution in [0.4, 0.5) is 0 Å². The van der Waals surface area contributed by atoms with Crippen LogP contribution in [-0.4, -0.2) is 14.8 Å². The molecule has 0 radical (unpaired) electrons. The fourth-order valence-electron chi connectivity index (χ4n) is 2.09. The summed E-state index contributed by atoms with van der Waals surface area (Å²) < 4.78 is 2.21. The van der Waals surface area contributed by atoms with Crippen molar-refractivity contribution in [1.82, 2.24) is 14.8 Å². The highest BCUT2D eigenvalue weighted by atomic mass is 79.9. The monoisotopic (exact) mass is 321 g/mol. The Morgan fingerprint density at radius 1 is 1.16 bits per heavy atom. The molecule has 0 saturated heterocycles. The first kappa shape index (κ1) is 14.3. The van der Waals surface area contributed by atoms with Crippen molar-refractivity contribution in [3.05, 3.63) is 35.2 Å². The lowest BCUT2D eigenvalue weighted by Gasteiger charge is -2.12. The van der Waals surface area contributed by atoms with Crippen molar-refractivity contribution in [2.24, 2.45) is 5.92 Å². The maximum atomic E-state index is 4.36. The van der Waals surface area contributed by atoms with Crippen LogP contribution in [0.2, 0.25) is 0 Å². The lowest BCUT2D eigenvalue weighted by atomic mass is 10.1. The molecule has 1 heterocycles. The van der Waals surface area contributed by atoms with E-state index in [0.29, 0.717) is 5.92 Å². The van der Waals surface area contributed by atoms with Gasteiger partial charge < -0.3 is 4.57 Å². The van der Waals surface area contributed by atoms with Gasteiger partial charge in [0.1, 0.15) is 5.82 Å². The van der Waals surface area contributed by atoms with Crippen LogP contribution in [0.1, 0.15) is 30.8 Å². The van der Waals surface area contributed by atoms with Gasteiger partial charge in [0.2, 0.25) is 0 Å². The highest BCUT2D eigenvalue weighted by Crippen LogP contribution is 2.23. The van der Waals surface area contributed by atoms with Crippen LogP contribution in [0.25, 0.3) is 11.4 Å². The molecule has 19 heavy (non-hydrogen) atoms. The quantitative estimate of drug-likeness (QED) is 0.793. The Hall–Kier alpha value is -1.16. The van der Waals surface area contributed by atoms with Gasteiger partial charge >= 0.3 is 0 Å². The van der Waals surface area contributed by atoms with Gasteiger partial charge in [0.25, 0.3) is 0 Å². The molecule has 102 valence electrons. The summed E-state index contributed by atoms with van der Waals surface area (Å²) in [5.74, 6) is 2.52. The number of hydrogen-bond acceptors (Lipinski definition) is 2. The standard InChI is InChI=1S/C15H20BrN3/c1-10(2)9-19-14(8-16)17-18-15(19)13-6-5-11(3)12(4)7-13/h5-7,10H,8-9H2,1-4H3. The van der Waals surface area contributed by atoms with Crippen molar-refractivity contribution in [3.8, 4) is 11.4 Å².